The molecule has 6 heteroatoms. The fourth-order valence-corrected chi connectivity index (χ4v) is 3.98. The van der Waals surface area contributed by atoms with Gasteiger partial charge in [-0.15, -0.1) is 0 Å². The maximum absolute atomic E-state index is 12.2. The largest absolute Gasteiger partial charge is 0.504 e. The molecule has 1 heterocycles. The minimum absolute atomic E-state index is 0.0704. The van der Waals surface area contributed by atoms with Gasteiger partial charge < -0.3 is 20.5 Å². The molecule has 0 fully saturated rings. The molecule has 1 amide bonds. The Balaban J connectivity index is 1.37. The van der Waals surface area contributed by atoms with Crippen molar-refractivity contribution in [3.05, 3.63) is 65.4 Å². The molecule has 1 aliphatic rings. The lowest BCUT2D eigenvalue weighted by atomic mass is 9.92. The highest BCUT2D eigenvalue weighted by atomic mass is 16.5. The Labute approximate surface area is 182 Å². The summed E-state index contributed by atoms with van der Waals surface area (Å²) in [5.41, 5.74) is 5.46. The fourth-order valence-electron chi connectivity index (χ4n) is 3.98. The molecule has 31 heavy (non-hydrogen) atoms. The van der Waals surface area contributed by atoms with E-state index in [1.165, 1.54) is 37.3 Å². The van der Waals surface area contributed by atoms with E-state index in [9.17, 15) is 9.90 Å². The molecule has 3 aromatic rings. The van der Waals surface area contributed by atoms with Crippen molar-refractivity contribution < 1.29 is 14.6 Å². The van der Waals surface area contributed by atoms with Crippen LogP contribution in [0.2, 0.25) is 0 Å². The molecule has 1 aromatic heterocycles. The van der Waals surface area contributed by atoms with Crippen LogP contribution < -0.4 is 15.4 Å². The predicted octanol–water partition coefficient (Wildman–Crippen LogP) is 4.07. The molecule has 0 saturated carbocycles. The molecule has 1 aliphatic carbocycles. The van der Waals surface area contributed by atoms with Crippen molar-refractivity contribution in [2.45, 2.75) is 25.7 Å². The molecule has 4 rings (SSSR count). The zero-order chi connectivity index (χ0) is 21.6. The predicted molar refractivity (Wildman–Crippen MR) is 124 cm³/mol. The number of methoxy groups -OCH3 is 1. The normalized spacial score (nSPS) is 13.2. The molecule has 6 nitrogen and oxygen atoms in total. The Morgan fingerprint density at radius 1 is 1.16 bits per heavy atom. The maximum atomic E-state index is 12.2. The number of carbonyl (C=O) groups excluding carboxylic acids is 1. The quantitative estimate of drug-likeness (QED) is 0.399. The number of aromatic hydroxyl groups is 1. The summed E-state index contributed by atoms with van der Waals surface area (Å²) in [7, 11) is 1.49. The number of nitrogens with one attached hydrogen (secondary N) is 2. The van der Waals surface area contributed by atoms with Crippen molar-refractivity contribution >= 4 is 28.6 Å². The number of para-hydroxylation sites is 1. The standard InChI is InChI=1S/C25H27N3O3/c1-31-23-16-17(10-12-22(23)29)11-13-24(30)26-14-15-27-25-18-6-2-4-8-20(18)28-21-9-5-3-7-19(21)25/h2,4,6,8,10-13,16,29H,3,5,7,9,14-15H2,1H3,(H,26,30)(H,27,28)/b13-11+. The third-order valence-corrected chi connectivity index (χ3v) is 5.53. The Morgan fingerprint density at radius 2 is 2.00 bits per heavy atom. The smallest absolute Gasteiger partial charge is 0.244 e. The summed E-state index contributed by atoms with van der Waals surface area (Å²) < 4.78 is 5.09. The van der Waals surface area contributed by atoms with Gasteiger partial charge in [0.1, 0.15) is 0 Å². The molecule has 0 unspecified atom stereocenters. The van der Waals surface area contributed by atoms with Gasteiger partial charge in [0.2, 0.25) is 5.91 Å². The van der Waals surface area contributed by atoms with E-state index in [2.05, 4.69) is 22.8 Å². The first-order valence-electron chi connectivity index (χ1n) is 10.6. The monoisotopic (exact) mass is 417 g/mol. The number of aromatic nitrogens is 1. The van der Waals surface area contributed by atoms with E-state index in [4.69, 9.17) is 9.72 Å². The van der Waals surface area contributed by atoms with E-state index >= 15 is 0 Å². The van der Waals surface area contributed by atoms with Crippen molar-refractivity contribution in [3.63, 3.8) is 0 Å². The van der Waals surface area contributed by atoms with Crippen LogP contribution in [0.3, 0.4) is 0 Å². The number of carbonyl (C=O) groups is 1. The van der Waals surface area contributed by atoms with Crippen molar-refractivity contribution in [1.29, 1.82) is 0 Å². The number of nitrogens with zero attached hydrogens (tertiary/aromatic N) is 1. The number of anilines is 1. The van der Waals surface area contributed by atoms with Gasteiger partial charge in [-0.25, -0.2) is 0 Å². The summed E-state index contributed by atoms with van der Waals surface area (Å²) in [4.78, 5) is 17.0. The topological polar surface area (TPSA) is 83.5 Å². The van der Waals surface area contributed by atoms with E-state index < -0.39 is 0 Å². The molecular weight excluding hydrogens is 390 g/mol. The second-order valence-corrected chi connectivity index (χ2v) is 7.62. The molecule has 0 radical (unpaired) electrons. The average molecular weight is 418 g/mol. The second kappa shape index (κ2) is 9.51. The number of fused-ring (bicyclic) bond motifs is 2. The van der Waals surface area contributed by atoms with Crippen LogP contribution in [0.4, 0.5) is 5.69 Å². The van der Waals surface area contributed by atoms with Crippen LogP contribution in [0, 0.1) is 0 Å². The first-order chi connectivity index (χ1) is 15.2. The average Bonchev–Trinajstić information content (AvgIpc) is 2.80. The Bertz CT molecular complexity index is 1120. The third-order valence-electron chi connectivity index (χ3n) is 5.53. The number of amides is 1. The van der Waals surface area contributed by atoms with Crippen molar-refractivity contribution in [2.24, 2.45) is 0 Å². The summed E-state index contributed by atoms with van der Waals surface area (Å²) >= 11 is 0. The zero-order valence-electron chi connectivity index (χ0n) is 17.6. The Kier molecular flexibility index (Phi) is 6.36. The molecule has 0 bridgehead atoms. The van der Waals surface area contributed by atoms with Crippen LogP contribution in [-0.2, 0) is 17.6 Å². The van der Waals surface area contributed by atoms with Gasteiger partial charge in [-0.05, 0) is 61.1 Å². The SMILES string of the molecule is COc1cc(/C=C/C(=O)NCCNc2c3c(nc4ccccc24)CCCC3)ccc1O. The minimum Gasteiger partial charge on any atom is -0.504 e. The summed E-state index contributed by atoms with van der Waals surface area (Å²) in [5, 5.41) is 17.2. The summed E-state index contributed by atoms with van der Waals surface area (Å²) in [6.07, 6.45) is 7.62. The highest BCUT2D eigenvalue weighted by Crippen LogP contribution is 2.33. The molecule has 0 atom stereocenters. The zero-order valence-corrected chi connectivity index (χ0v) is 17.6. The minimum atomic E-state index is -0.171. The van der Waals surface area contributed by atoms with Gasteiger partial charge >= 0.3 is 0 Å². The van der Waals surface area contributed by atoms with E-state index in [1.54, 1.807) is 24.3 Å². The highest BCUT2D eigenvalue weighted by Gasteiger charge is 2.17. The lowest BCUT2D eigenvalue weighted by molar-refractivity contribution is -0.116. The summed E-state index contributed by atoms with van der Waals surface area (Å²) in [6.45, 7) is 1.14. The number of benzene rings is 2. The lowest BCUT2D eigenvalue weighted by Gasteiger charge is -2.21. The van der Waals surface area contributed by atoms with E-state index in [0.717, 1.165) is 35.0 Å². The van der Waals surface area contributed by atoms with Crippen molar-refractivity contribution in [2.75, 3.05) is 25.5 Å². The van der Waals surface area contributed by atoms with Gasteiger partial charge in [0.25, 0.3) is 0 Å². The fraction of sp³-hybridized carbons (Fsp3) is 0.280. The van der Waals surface area contributed by atoms with Gasteiger partial charge in [-0.2, -0.15) is 0 Å². The molecule has 0 saturated heterocycles. The molecule has 0 spiro atoms. The summed E-state index contributed by atoms with van der Waals surface area (Å²) in [6, 6.07) is 13.2. The van der Waals surface area contributed by atoms with E-state index in [-0.39, 0.29) is 11.7 Å². The van der Waals surface area contributed by atoms with Crippen LogP contribution in [0.15, 0.2) is 48.5 Å². The highest BCUT2D eigenvalue weighted by molar-refractivity contribution is 5.94. The van der Waals surface area contributed by atoms with Crippen molar-refractivity contribution in [1.82, 2.24) is 10.3 Å². The number of hydrogen-bond donors (Lipinski definition) is 3. The molecule has 0 aliphatic heterocycles. The van der Waals surface area contributed by atoms with E-state index in [0.29, 0.717) is 18.8 Å². The molecule has 3 N–H and O–H groups in total. The van der Waals surface area contributed by atoms with Crippen LogP contribution in [-0.4, -0.2) is 36.2 Å². The molecular formula is C25H27N3O3. The number of ether oxygens (including phenoxy) is 1. The first-order valence-corrected chi connectivity index (χ1v) is 10.6. The maximum Gasteiger partial charge on any atom is 0.244 e. The number of rotatable bonds is 7. The number of phenols is 1. The van der Waals surface area contributed by atoms with Gasteiger partial charge in [0.15, 0.2) is 11.5 Å². The molecule has 160 valence electrons. The molecule has 2 aromatic carbocycles. The van der Waals surface area contributed by atoms with Crippen molar-refractivity contribution in [3.8, 4) is 11.5 Å². The van der Waals surface area contributed by atoms with Crippen LogP contribution in [0.1, 0.15) is 29.7 Å². The van der Waals surface area contributed by atoms with E-state index in [1.807, 2.05) is 12.1 Å². The first kappa shape index (κ1) is 20.7. The summed E-state index contributed by atoms with van der Waals surface area (Å²) in [5.74, 6) is 0.274. The number of hydrogen-bond acceptors (Lipinski definition) is 5. The Morgan fingerprint density at radius 3 is 2.87 bits per heavy atom. The van der Waals surface area contributed by atoms with Crippen LogP contribution in [0.5, 0.6) is 11.5 Å². The second-order valence-electron chi connectivity index (χ2n) is 7.62. The van der Waals surface area contributed by atoms with Gasteiger partial charge in [0.05, 0.1) is 12.6 Å². The van der Waals surface area contributed by atoms with Gasteiger partial charge in [0, 0.05) is 35.9 Å². The van der Waals surface area contributed by atoms with Gasteiger partial charge in [-0.1, -0.05) is 24.3 Å². The lowest BCUT2D eigenvalue weighted by Crippen LogP contribution is -2.27. The number of aryl methyl sites for hydroxylation is 1. The number of pyridine rings is 1. The Hall–Kier alpha value is -3.54. The third kappa shape index (κ3) is 4.79. The van der Waals surface area contributed by atoms with Gasteiger partial charge in [-0.3, -0.25) is 9.78 Å². The van der Waals surface area contributed by atoms with Crippen LogP contribution >= 0.6 is 0 Å². The van der Waals surface area contributed by atoms with Crippen LogP contribution in [0.25, 0.3) is 17.0 Å². The number of phenolic OH excluding ortho intramolecular Hbond substituents is 1.